The lowest BCUT2D eigenvalue weighted by atomic mass is 9.83. The van der Waals surface area contributed by atoms with E-state index in [0.29, 0.717) is 35.9 Å². The number of rotatable bonds is 6. The van der Waals surface area contributed by atoms with Crippen LogP contribution in [0.2, 0.25) is 0 Å². The van der Waals surface area contributed by atoms with Gasteiger partial charge in [0.1, 0.15) is 5.75 Å². The van der Waals surface area contributed by atoms with E-state index in [1.165, 1.54) is 25.3 Å². The minimum absolute atomic E-state index is 0.105. The highest BCUT2D eigenvalue weighted by Crippen LogP contribution is 2.39. The summed E-state index contributed by atoms with van der Waals surface area (Å²) in [6.45, 7) is 3.38. The molecule has 1 N–H and O–H groups in total. The zero-order valence-corrected chi connectivity index (χ0v) is 17.4. The first kappa shape index (κ1) is 20.6. The predicted octanol–water partition coefficient (Wildman–Crippen LogP) is 2.41. The predicted molar refractivity (Wildman–Crippen MR) is 110 cm³/mol. The van der Waals surface area contributed by atoms with Gasteiger partial charge in [0, 0.05) is 43.7 Å². The van der Waals surface area contributed by atoms with Gasteiger partial charge in [0.25, 0.3) is 5.69 Å². The first-order valence-corrected chi connectivity index (χ1v) is 10.6. The van der Waals surface area contributed by atoms with Crippen LogP contribution in [0.4, 0.5) is 11.4 Å². The lowest BCUT2D eigenvalue weighted by Gasteiger charge is -2.48. The lowest BCUT2D eigenvalue weighted by molar-refractivity contribution is -0.384. The number of hydrogen-bond donors (Lipinski definition) is 1. The van der Waals surface area contributed by atoms with E-state index < -0.39 is 4.92 Å². The molecule has 1 aromatic rings. The maximum Gasteiger partial charge on any atom is 0.271 e. The van der Waals surface area contributed by atoms with Crippen molar-refractivity contribution in [2.24, 2.45) is 5.92 Å². The Labute approximate surface area is 175 Å². The Balaban J connectivity index is 1.42. The normalized spacial score (nSPS) is 25.4. The fourth-order valence-electron chi connectivity index (χ4n) is 4.81. The second kappa shape index (κ2) is 8.22. The standard InChI is InChI=1S/C21H28N4O5/c1-13(21(27)22-17-11-16(25(28)29)6-7-19(17)30-2)23-10-9-18-14(12-23)3-8-20(26)24(18)15-4-5-15/h6-7,11,13-15,18H,3-5,8-10,12H2,1-2H3,(H,22,27)/t13-,14-,18-/m0/s1. The van der Waals surface area contributed by atoms with Crippen molar-refractivity contribution in [3.05, 3.63) is 28.3 Å². The molecule has 0 aromatic heterocycles. The van der Waals surface area contributed by atoms with Crippen LogP contribution < -0.4 is 10.1 Å². The summed E-state index contributed by atoms with van der Waals surface area (Å²) in [5.41, 5.74) is 0.188. The van der Waals surface area contributed by atoms with E-state index >= 15 is 0 Å². The largest absolute Gasteiger partial charge is 0.495 e. The molecule has 0 spiro atoms. The molecule has 3 aliphatic rings. The minimum atomic E-state index is -0.501. The number of nitro groups is 1. The molecule has 9 heteroatoms. The van der Waals surface area contributed by atoms with Gasteiger partial charge in [-0.2, -0.15) is 0 Å². The smallest absolute Gasteiger partial charge is 0.271 e. The van der Waals surface area contributed by atoms with Crippen LogP contribution in [-0.4, -0.2) is 64.9 Å². The van der Waals surface area contributed by atoms with Crippen molar-refractivity contribution in [3.8, 4) is 5.75 Å². The maximum absolute atomic E-state index is 12.9. The van der Waals surface area contributed by atoms with Crippen molar-refractivity contribution in [3.63, 3.8) is 0 Å². The number of methoxy groups -OCH3 is 1. The van der Waals surface area contributed by atoms with Gasteiger partial charge in [-0.05, 0) is 44.6 Å². The number of nitrogens with zero attached hydrogens (tertiary/aromatic N) is 3. The summed E-state index contributed by atoms with van der Waals surface area (Å²) < 4.78 is 5.24. The topological polar surface area (TPSA) is 105 Å². The summed E-state index contributed by atoms with van der Waals surface area (Å²) in [5, 5.41) is 13.9. The number of ether oxygens (including phenoxy) is 1. The van der Waals surface area contributed by atoms with Crippen molar-refractivity contribution in [1.82, 2.24) is 9.80 Å². The van der Waals surface area contributed by atoms with Crippen molar-refractivity contribution in [2.75, 3.05) is 25.5 Å². The first-order chi connectivity index (χ1) is 14.4. The number of piperidine rings is 2. The third-order valence-corrected chi connectivity index (χ3v) is 6.62. The number of likely N-dealkylation sites (tertiary alicyclic amines) is 2. The van der Waals surface area contributed by atoms with Gasteiger partial charge in [0.05, 0.1) is 23.8 Å². The highest BCUT2D eigenvalue weighted by Gasteiger charge is 2.46. The van der Waals surface area contributed by atoms with Gasteiger partial charge in [-0.15, -0.1) is 0 Å². The summed E-state index contributed by atoms with van der Waals surface area (Å²) in [6, 6.07) is 4.48. The average Bonchev–Trinajstić information content (AvgIpc) is 3.57. The minimum Gasteiger partial charge on any atom is -0.495 e. The third-order valence-electron chi connectivity index (χ3n) is 6.62. The number of non-ortho nitro benzene ring substituents is 1. The zero-order chi connectivity index (χ0) is 21.4. The van der Waals surface area contributed by atoms with Crippen molar-refractivity contribution in [2.45, 2.75) is 57.2 Å². The van der Waals surface area contributed by atoms with E-state index in [1.54, 1.807) is 0 Å². The summed E-state index contributed by atoms with van der Waals surface area (Å²) in [5.74, 6) is 0.833. The number of amides is 2. The molecule has 0 unspecified atom stereocenters. The molecular weight excluding hydrogens is 388 g/mol. The molecule has 162 valence electrons. The highest BCUT2D eigenvalue weighted by atomic mass is 16.6. The summed E-state index contributed by atoms with van der Waals surface area (Å²) in [6.07, 6.45) is 4.57. The Morgan fingerprint density at radius 3 is 2.73 bits per heavy atom. The SMILES string of the molecule is COc1ccc([N+](=O)[O-])cc1NC(=O)[C@H](C)N1CC[C@H]2[C@@H](CCC(=O)N2C2CC2)C1. The van der Waals surface area contributed by atoms with E-state index in [4.69, 9.17) is 4.74 Å². The number of benzene rings is 1. The molecular formula is C21H28N4O5. The Morgan fingerprint density at radius 1 is 1.30 bits per heavy atom. The number of anilines is 1. The van der Waals surface area contributed by atoms with Crippen molar-refractivity contribution < 1.29 is 19.2 Å². The van der Waals surface area contributed by atoms with Crippen molar-refractivity contribution >= 4 is 23.2 Å². The number of nitro benzene ring substituents is 1. The summed E-state index contributed by atoms with van der Waals surface area (Å²) >= 11 is 0. The number of carbonyl (C=O) groups excluding carboxylic acids is 2. The zero-order valence-electron chi connectivity index (χ0n) is 17.4. The Kier molecular flexibility index (Phi) is 5.64. The highest BCUT2D eigenvalue weighted by molar-refractivity contribution is 5.96. The van der Waals surface area contributed by atoms with Crippen LogP contribution in [0.3, 0.4) is 0 Å². The van der Waals surface area contributed by atoms with Crippen LogP contribution in [0.25, 0.3) is 0 Å². The quantitative estimate of drug-likeness (QED) is 0.564. The molecule has 3 atom stereocenters. The molecule has 3 fully saturated rings. The van der Waals surface area contributed by atoms with Gasteiger partial charge in [-0.3, -0.25) is 24.6 Å². The second-order valence-corrected chi connectivity index (χ2v) is 8.49. The van der Waals surface area contributed by atoms with Gasteiger partial charge < -0.3 is 15.0 Å². The Hall–Kier alpha value is -2.68. The van der Waals surface area contributed by atoms with Crippen LogP contribution >= 0.6 is 0 Å². The van der Waals surface area contributed by atoms with E-state index in [0.717, 1.165) is 38.8 Å². The van der Waals surface area contributed by atoms with E-state index in [2.05, 4.69) is 15.1 Å². The summed E-state index contributed by atoms with van der Waals surface area (Å²) in [7, 11) is 1.46. The molecule has 30 heavy (non-hydrogen) atoms. The lowest BCUT2D eigenvalue weighted by Crippen LogP contribution is -2.59. The van der Waals surface area contributed by atoms with Gasteiger partial charge in [0.2, 0.25) is 11.8 Å². The molecule has 2 amide bonds. The average molecular weight is 416 g/mol. The van der Waals surface area contributed by atoms with E-state index in [9.17, 15) is 19.7 Å². The number of hydrogen-bond acceptors (Lipinski definition) is 6. The summed E-state index contributed by atoms with van der Waals surface area (Å²) in [4.78, 5) is 40.1. The van der Waals surface area contributed by atoms with Gasteiger partial charge in [-0.25, -0.2) is 0 Å². The van der Waals surface area contributed by atoms with Crippen LogP contribution in [0.5, 0.6) is 5.75 Å². The molecule has 9 nitrogen and oxygen atoms in total. The molecule has 2 aliphatic heterocycles. The number of nitrogens with one attached hydrogen (secondary N) is 1. The molecule has 4 rings (SSSR count). The number of carbonyl (C=O) groups is 2. The molecule has 2 heterocycles. The second-order valence-electron chi connectivity index (χ2n) is 8.49. The molecule has 1 saturated carbocycles. The van der Waals surface area contributed by atoms with Gasteiger partial charge in [-0.1, -0.05) is 0 Å². The Morgan fingerprint density at radius 2 is 2.07 bits per heavy atom. The fourth-order valence-corrected chi connectivity index (χ4v) is 4.81. The monoisotopic (exact) mass is 416 g/mol. The Bertz CT molecular complexity index is 856. The molecule has 0 radical (unpaired) electrons. The van der Waals surface area contributed by atoms with Crippen LogP contribution in [-0.2, 0) is 9.59 Å². The van der Waals surface area contributed by atoms with Crippen LogP contribution in [0.1, 0.15) is 39.0 Å². The fraction of sp³-hybridized carbons (Fsp3) is 0.619. The molecule has 0 bridgehead atoms. The maximum atomic E-state index is 12.9. The van der Waals surface area contributed by atoms with E-state index in [-0.39, 0.29) is 23.5 Å². The third kappa shape index (κ3) is 3.98. The molecule has 1 aliphatic carbocycles. The number of fused-ring (bicyclic) bond motifs is 1. The first-order valence-electron chi connectivity index (χ1n) is 10.6. The molecule has 1 aromatic carbocycles. The van der Waals surface area contributed by atoms with Crippen molar-refractivity contribution in [1.29, 1.82) is 0 Å². The van der Waals surface area contributed by atoms with Crippen LogP contribution in [0, 0.1) is 16.0 Å². The molecule has 2 saturated heterocycles. The van der Waals surface area contributed by atoms with Gasteiger partial charge in [0.15, 0.2) is 0 Å². The van der Waals surface area contributed by atoms with Gasteiger partial charge >= 0.3 is 0 Å². The van der Waals surface area contributed by atoms with Crippen LogP contribution in [0.15, 0.2) is 18.2 Å². The van der Waals surface area contributed by atoms with E-state index in [1.807, 2.05) is 6.92 Å².